The Bertz CT molecular complexity index is 927. The summed E-state index contributed by atoms with van der Waals surface area (Å²) in [6.07, 6.45) is 0.121. The molecule has 2 aliphatic heterocycles. The van der Waals surface area contributed by atoms with Gasteiger partial charge in [0.05, 0.1) is 24.4 Å². The molecule has 1 fully saturated rings. The third-order valence-corrected chi connectivity index (χ3v) is 4.88. The smallest absolute Gasteiger partial charge is 0.244 e. The molecule has 0 saturated carbocycles. The predicted molar refractivity (Wildman–Crippen MR) is 101 cm³/mol. The van der Waals surface area contributed by atoms with Crippen LogP contribution >= 0.6 is 0 Å². The van der Waals surface area contributed by atoms with Crippen molar-refractivity contribution in [2.45, 2.75) is 6.42 Å². The van der Waals surface area contributed by atoms with E-state index in [0.717, 1.165) is 0 Å². The molecule has 27 heavy (non-hydrogen) atoms. The number of anilines is 3. The van der Waals surface area contributed by atoms with Crippen molar-refractivity contribution >= 4 is 34.8 Å². The van der Waals surface area contributed by atoms with Gasteiger partial charge in [0.25, 0.3) is 0 Å². The molecule has 4 rings (SSSR count). The van der Waals surface area contributed by atoms with E-state index in [2.05, 4.69) is 5.32 Å². The molecule has 138 valence electrons. The number of carbonyl (C=O) groups is 3. The first-order valence-corrected chi connectivity index (χ1v) is 8.71. The van der Waals surface area contributed by atoms with Gasteiger partial charge in [0, 0.05) is 24.7 Å². The van der Waals surface area contributed by atoms with Crippen LogP contribution in [0.25, 0.3) is 0 Å². The summed E-state index contributed by atoms with van der Waals surface area (Å²) >= 11 is 0. The molecule has 1 unspecified atom stereocenters. The highest BCUT2D eigenvalue weighted by Crippen LogP contribution is 2.33. The molecule has 0 radical (unpaired) electrons. The Balaban J connectivity index is 1.57. The van der Waals surface area contributed by atoms with Gasteiger partial charge in [-0.15, -0.1) is 0 Å². The van der Waals surface area contributed by atoms with Crippen LogP contribution in [0.15, 0.2) is 48.5 Å². The van der Waals surface area contributed by atoms with Crippen LogP contribution in [0.2, 0.25) is 0 Å². The van der Waals surface area contributed by atoms with Crippen LogP contribution in [0.3, 0.4) is 0 Å². The quantitative estimate of drug-likeness (QED) is 0.903. The van der Waals surface area contributed by atoms with Gasteiger partial charge in [-0.3, -0.25) is 14.4 Å². The molecule has 3 amide bonds. The molecule has 2 aromatic rings. The molecule has 2 aromatic carbocycles. The molecule has 0 spiro atoms. The summed E-state index contributed by atoms with van der Waals surface area (Å²) in [5.41, 5.74) is 1.97. The number of nitrogens with zero attached hydrogens (tertiary/aromatic N) is 2. The van der Waals surface area contributed by atoms with Crippen LogP contribution in [0, 0.1) is 5.92 Å². The van der Waals surface area contributed by atoms with Crippen LogP contribution in [0.1, 0.15) is 6.42 Å². The Morgan fingerprint density at radius 1 is 1.15 bits per heavy atom. The highest BCUT2D eigenvalue weighted by atomic mass is 16.5. The monoisotopic (exact) mass is 365 g/mol. The number of amides is 3. The maximum atomic E-state index is 13.1. The lowest BCUT2D eigenvalue weighted by atomic mass is 10.1. The summed E-state index contributed by atoms with van der Waals surface area (Å²) in [5.74, 6) is -0.414. The minimum Gasteiger partial charge on any atom is -0.497 e. The average molecular weight is 365 g/mol. The minimum atomic E-state index is -0.498. The molecular weight excluding hydrogens is 346 g/mol. The topological polar surface area (TPSA) is 79.0 Å². The van der Waals surface area contributed by atoms with Gasteiger partial charge in [0.1, 0.15) is 12.3 Å². The maximum Gasteiger partial charge on any atom is 0.244 e. The molecule has 0 aliphatic carbocycles. The lowest BCUT2D eigenvalue weighted by Gasteiger charge is -2.30. The van der Waals surface area contributed by atoms with Gasteiger partial charge in [0.15, 0.2) is 0 Å². The Morgan fingerprint density at radius 2 is 1.96 bits per heavy atom. The molecule has 7 nitrogen and oxygen atoms in total. The third-order valence-electron chi connectivity index (χ3n) is 4.88. The number of rotatable bonds is 3. The Hall–Kier alpha value is -3.35. The van der Waals surface area contributed by atoms with Crippen molar-refractivity contribution in [1.29, 1.82) is 0 Å². The predicted octanol–water partition coefficient (Wildman–Crippen LogP) is 2.03. The van der Waals surface area contributed by atoms with E-state index in [1.54, 1.807) is 42.3 Å². The summed E-state index contributed by atoms with van der Waals surface area (Å²) in [6.45, 7) is 0.241. The Kier molecular flexibility index (Phi) is 4.27. The summed E-state index contributed by atoms with van der Waals surface area (Å²) in [7, 11) is 1.57. The van der Waals surface area contributed by atoms with Gasteiger partial charge in [-0.25, -0.2) is 0 Å². The maximum absolute atomic E-state index is 13.1. The highest BCUT2D eigenvalue weighted by Gasteiger charge is 2.39. The molecule has 2 heterocycles. The van der Waals surface area contributed by atoms with E-state index in [4.69, 9.17) is 4.74 Å². The largest absolute Gasteiger partial charge is 0.497 e. The fraction of sp³-hybridized carbons (Fsp3) is 0.250. The van der Waals surface area contributed by atoms with Crippen LogP contribution < -0.4 is 19.9 Å². The number of methoxy groups -OCH3 is 1. The van der Waals surface area contributed by atoms with Gasteiger partial charge >= 0.3 is 0 Å². The van der Waals surface area contributed by atoms with Crippen LogP contribution in [0.5, 0.6) is 5.75 Å². The SMILES string of the molecule is COc1cccc(N2CC(C(=O)N3CC(=O)Nc4ccccc43)CC2=O)c1. The van der Waals surface area contributed by atoms with Crippen LogP contribution in [-0.2, 0) is 14.4 Å². The van der Waals surface area contributed by atoms with E-state index >= 15 is 0 Å². The van der Waals surface area contributed by atoms with Crippen molar-refractivity contribution in [1.82, 2.24) is 0 Å². The van der Waals surface area contributed by atoms with E-state index < -0.39 is 5.92 Å². The molecule has 2 aliphatic rings. The Labute approximate surface area is 156 Å². The average Bonchev–Trinajstić information content (AvgIpc) is 3.08. The molecule has 0 aromatic heterocycles. The summed E-state index contributed by atoms with van der Waals surface area (Å²) < 4.78 is 5.21. The second-order valence-corrected chi connectivity index (χ2v) is 6.60. The second-order valence-electron chi connectivity index (χ2n) is 6.60. The van der Waals surface area contributed by atoms with E-state index in [1.165, 1.54) is 4.90 Å². The molecule has 0 bridgehead atoms. The number of carbonyl (C=O) groups excluding carboxylic acids is 3. The van der Waals surface area contributed by atoms with Crippen molar-refractivity contribution < 1.29 is 19.1 Å². The summed E-state index contributed by atoms with van der Waals surface area (Å²) in [4.78, 5) is 40.7. The summed E-state index contributed by atoms with van der Waals surface area (Å²) in [5, 5.41) is 2.77. The highest BCUT2D eigenvalue weighted by molar-refractivity contribution is 6.12. The minimum absolute atomic E-state index is 0.0420. The van der Waals surface area contributed by atoms with Crippen molar-refractivity contribution in [2.75, 3.05) is 35.3 Å². The zero-order valence-corrected chi connectivity index (χ0v) is 14.8. The third kappa shape index (κ3) is 3.12. The van der Waals surface area contributed by atoms with E-state index in [9.17, 15) is 14.4 Å². The number of hydrogen-bond acceptors (Lipinski definition) is 4. The van der Waals surface area contributed by atoms with E-state index in [0.29, 0.717) is 22.8 Å². The second kappa shape index (κ2) is 6.75. The first-order chi connectivity index (χ1) is 13.1. The van der Waals surface area contributed by atoms with Gasteiger partial charge in [0.2, 0.25) is 17.7 Å². The molecular formula is C20H19N3O4. The Morgan fingerprint density at radius 3 is 2.78 bits per heavy atom. The van der Waals surface area contributed by atoms with Crippen molar-refractivity contribution in [3.05, 3.63) is 48.5 Å². The number of nitrogens with one attached hydrogen (secondary N) is 1. The van der Waals surface area contributed by atoms with Gasteiger partial charge in [-0.1, -0.05) is 18.2 Å². The van der Waals surface area contributed by atoms with Crippen LogP contribution in [-0.4, -0.2) is 37.9 Å². The number of ether oxygens (including phenoxy) is 1. The zero-order valence-electron chi connectivity index (χ0n) is 14.8. The van der Waals surface area contributed by atoms with Crippen molar-refractivity contribution in [3.8, 4) is 5.75 Å². The van der Waals surface area contributed by atoms with Crippen LogP contribution in [0.4, 0.5) is 17.1 Å². The standard InChI is InChI=1S/C20H19N3O4/c1-27-15-6-4-5-14(10-15)22-11-13(9-19(22)25)20(26)23-12-18(24)21-16-7-2-3-8-17(16)23/h2-8,10,13H,9,11-12H2,1H3,(H,21,24). The lowest BCUT2D eigenvalue weighted by molar-refractivity contribution is -0.125. The zero-order chi connectivity index (χ0) is 19.0. The molecule has 1 atom stereocenters. The van der Waals surface area contributed by atoms with Gasteiger partial charge < -0.3 is 19.9 Å². The lowest BCUT2D eigenvalue weighted by Crippen LogP contribution is -2.45. The normalized spacial score (nSPS) is 18.9. The van der Waals surface area contributed by atoms with Crippen molar-refractivity contribution in [3.63, 3.8) is 0 Å². The molecule has 1 saturated heterocycles. The van der Waals surface area contributed by atoms with E-state index in [1.807, 2.05) is 18.2 Å². The summed E-state index contributed by atoms with van der Waals surface area (Å²) in [6, 6.07) is 14.4. The molecule has 7 heteroatoms. The molecule has 1 N–H and O–H groups in total. The first kappa shape index (κ1) is 17.1. The number of benzene rings is 2. The van der Waals surface area contributed by atoms with E-state index in [-0.39, 0.29) is 37.2 Å². The number of fused-ring (bicyclic) bond motifs is 1. The number of hydrogen-bond donors (Lipinski definition) is 1. The van der Waals surface area contributed by atoms with Gasteiger partial charge in [-0.05, 0) is 24.3 Å². The van der Waals surface area contributed by atoms with Gasteiger partial charge in [-0.2, -0.15) is 0 Å². The first-order valence-electron chi connectivity index (χ1n) is 8.71. The fourth-order valence-corrected chi connectivity index (χ4v) is 3.55. The van der Waals surface area contributed by atoms with Crippen molar-refractivity contribution in [2.24, 2.45) is 5.92 Å². The number of para-hydroxylation sites is 2. The fourth-order valence-electron chi connectivity index (χ4n) is 3.55.